The van der Waals surface area contributed by atoms with Crippen molar-refractivity contribution in [2.45, 2.75) is 70.8 Å². The Bertz CT molecular complexity index is 340. The van der Waals surface area contributed by atoms with E-state index in [1.165, 1.54) is 63.4 Å². The zero-order chi connectivity index (χ0) is 14.0. The van der Waals surface area contributed by atoms with Crippen LogP contribution in [0.3, 0.4) is 0 Å². The zero-order valence-electron chi connectivity index (χ0n) is 13.1. The summed E-state index contributed by atoms with van der Waals surface area (Å²) in [7, 11) is 0. The van der Waals surface area contributed by atoms with Crippen molar-refractivity contribution in [1.29, 1.82) is 0 Å². The first-order valence-electron chi connectivity index (χ1n) is 8.65. The fourth-order valence-corrected chi connectivity index (χ4v) is 3.44. The molecule has 1 aromatic rings. The van der Waals surface area contributed by atoms with E-state index in [-0.39, 0.29) is 0 Å². The summed E-state index contributed by atoms with van der Waals surface area (Å²) in [5, 5.41) is 3.76. The standard InChI is InChI=1S/C19H31N/c1-2-15-20-19(16-18-11-7-4-8-12-18)14-13-17-9-5-3-6-10-17/h4,7-8,11-12,17,19-20H,2-3,5-6,9-10,13-16H2,1H3. The lowest BCUT2D eigenvalue weighted by molar-refractivity contribution is 0.312. The third kappa shape index (κ3) is 5.66. The normalized spacial score (nSPS) is 18.1. The van der Waals surface area contributed by atoms with Crippen molar-refractivity contribution in [2.75, 3.05) is 6.54 Å². The Balaban J connectivity index is 1.79. The van der Waals surface area contributed by atoms with Crippen LogP contribution in [0.15, 0.2) is 30.3 Å². The van der Waals surface area contributed by atoms with E-state index < -0.39 is 0 Å². The maximum Gasteiger partial charge on any atom is 0.0108 e. The lowest BCUT2D eigenvalue weighted by Gasteiger charge is -2.25. The van der Waals surface area contributed by atoms with E-state index in [4.69, 9.17) is 0 Å². The highest BCUT2D eigenvalue weighted by Crippen LogP contribution is 2.28. The minimum atomic E-state index is 0.666. The predicted molar refractivity (Wildman–Crippen MR) is 88.0 cm³/mol. The minimum absolute atomic E-state index is 0.666. The summed E-state index contributed by atoms with van der Waals surface area (Å²) >= 11 is 0. The molecule has 1 aliphatic carbocycles. The fraction of sp³-hybridized carbons (Fsp3) is 0.684. The van der Waals surface area contributed by atoms with E-state index in [0.717, 1.165) is 12.5 Å². The van der Waals surface area contributed by atoms with Crippen molar-refractivity contribution in [3.63, 3.8) is 0 Å². The van der Waals surface area contributed by atoms with Gasteiger partial charge in [0.05, 0.1) is 0 Å². The third-order valence-corrected chi connectivity index (χ3v) is 4.66. The molecule has 1 atom stereocenters. The molecule has 1 aromatic carbocycles. The molecule has 1 nitrogen and oxygen atoms in total. The van der Waals surface area contributed by atoms with Gasteiger partial charge in [-0.1, -0.05) is 69.4 Å². The van der Waals surface area contributed by atoms with Gasteiger partial charge in [-0.2, -0.15) is 0 Å². The molecule has 1 unspecified atom stereocenters. The summed E-state index contributed by atoms with van der Waals surface area (Å²) in [5.74, 6) is 1.01. The van der Waals surface area contributed by atoms with Gasteiger partial charge >= 0.3 is 0 Å². The first-order valence-corrected chi connectivity index (χ1v) is 8.65. The number of hydrogen-bond donors (Lipinski definition) is 1. The van der Waals surface area contributed by atoms with Crippen molar-refractivity contribution < 1.29 is 0 Å². The van der Waals surface area contributed by atoms with Gasteiger partial charge in [-0.05, 0) is 43.7 Å². The van der Waals surface area contributed by atoms with Crippen LogP contribution in [0.1, 0.15) is 63.9 Å². The van der Waals surface area contributed by atoms with Gasteiger partial charge in [-0.25, -0.2) is 0 Å². The molecule has 1 saturated carbocycles. The van der Waals surface area contributed by atoms with Crippen LogP contribution in [0.2, 0.25) is 0 Å². The topological polar surface area (TPSA) is 12.0 Å². The number of hydrogen-bond acceptors (Lipinski definition) is 1. The quantitative estimate of drug-likeness (QED) is 0.706. The number of nitrogens with one attached hydrogen (secondary N) is 1. The molecule has 112 valence electrons. The zero-order valence-corrected chi connectivity index (χ0v) is 13.1. The molecule has 0 radical (unpaired) electrons. The predicted octanol–water partition coefficient (Wildman–Crippen LogP) is 4.96. The van der Waals surface area contributed by atoms with Crippen LogP contribution in [0.4, 0.5) is 0 Å². The first-order chi connectivity index (χ1) is 9.88. The molecular formula is C19H31N. The van der Waals surface area contributed by atoms with Gasteiger partial charge in [0.25, 0.3) is 0 Å². The second-order valence-corrected chi connectivity index (χ2v) is 6.42. The Morgan fingerprint density at radius 3 is 2.55 bits per heavy atom. The minimum Gasteiger partial charge on any atom is -0.314 e. The van der Waals surface area contributed by atoms with E-state index in [1.807, 2.05) is 0 Å². The van der Waals surface area contributed by atoms with Crippen LogP contribution in [0.25, 0.3) is 0 Å². The van der Waals surface area contributed by atoms with Gasteiger partial charge in [0.15, 0.2) is 0 Å². The van der Waals surface area contributed by atoms with E-state index in [2.05, 4.69) is 42.6 Å². The van der Waals surface area contributed by atoms with E-state index in [1.54, 1.807) is 0 Å². The summed E-state index contributed by atoms with van der Waals surface area (Å²) < 4.78 is 0. The van der Waals surface area contributed by atoms with Crippen molar-refractivity contribution in [2.24, 2.45) is 5.92 Å². The third-order valence-electron chi connectivity index (χ3n) is 4.66. The van der Waals surface area contributed by atoms with Crippen LogP contribution in [-0.4, -0.2) is 12.6 Å². The molecule has 0 aliphatic heterocycles. The van der Waals surface area contributed by atoms with Crippen molar-refractivity contribution in [1.82, 2.24) is 5.32 Å². The molecule has 0 amide bonds. The van der Waals surface area contributed by atoms with Crippen molar-refractivity contribution in [3.8, 4) is 0 Å². The molecule has 0 saturated heterocycles. The SMILES string of the molecule is CCCNC(CCC1CCCCC1)Cc1ccccc1. The van der Waals surface area contributed by atoms with Gasteiger partial charge in [0, 0.05) is 6.04 Å². The highest BCUT2D eigenvalue weighted by molar-refractivity contribution is 5.15. The first kappa shape index (κ1) is 15.6. The van der Waals surface area contributed by atoms with E-state index in [0.29, 0.717) is 6.04 Å². The lowest BCUT2D eigenvalue weighted by atomic mass is 9.84. The molecule has 1 fully saturated rings. The Morgan fingerprint density at radius 2 is 1.85 bits per heavy atom. The highest BCUT2D eigenvalue weighted by atomic mass is 14.9. The summed E-state index contributed by atoms with van der Waals surface area (Å²) in [6, 6.07) is 11.6. The number of benzene rings is 1. The van der Waals surface area contributed by atoms with Crippen molar-refractivity contribution >= 4 is 0 Å². The van der Waals surface area contributed by atoms with Crippen molar-refractivity contribution in [3.05, 3.63) is 35.9 Å². The van der Waals surface area contributed by atoms with Crippen LogP contribution in [0, 0.1) is 5.92 Å². The van der Waals surface area contributed by atoms with Crippen LogP contribution >= 0.6 is 0 Å². The Hall–Kier alpha value is -0.820. The van der Waals surface area contributed by atoms with E-state index >= 15 is 0 Å². The summed E-state index contributed by atoms with van der Waals surface area (Å²) in [6.45, 7) is 3.41. The van der Waals surface area contributed by atoms with Crippen LogP contribution < -0.4 is 5.32 Å². The van der Waals surface area contributed by atoms with Crippen LogP contribution in [0.5, 0.6) is 0 Å². The summed E-state index contributed by atoms with van der Waals surface area (Å²) in [4.78, 5) is 0. The average Bonchev–Trinajstić information content (AvgIpc) is 2.52. The molecule has 20 heavy (non-hydrogen) atoms. The molecular weight excluding hydrogens is 242 g/mol. The smallest absolute Gasteiger partial charge is 0.0108 e. The molecule has 0 heterocycles. The van der Waals surface area contributed by atoms with Gasteiger partial charge in [-0.15, -0.1) is 0 Å². The van der Waals surface area contributed by atoms with Gasteiger partial charge in [0.2, 0.25) is 0 Å². The largest absolute Gasteiger partial charge is 0.314 e. The number of rotatable bonds is 8. The average molecular weight is 273 g/mol. The Morgan fingerprint density at radius 1 is 1.10 bits per heavy atom. The molecule has 2 rings (SSSR count). The van der Waals surface area contributed by atoms with Crippen LogP contribution in [-0.2, 0) is 6.42 Å². The summed E-state index contributed by atoms with van der Waals surface area (Å²) in [5.41, 5.74) is 1.48. The molecule has 1 N–H and O–H groups in total. The summed E-state index contributed by atoms with van der Waals surface area (Å²) in [6.07, 6.45) is 12.6. The molecule has 0 aromatic heterocycles. The van der Waals surface area contributed by atoms with Gasteiger partial charge < -0.3 is 5.32 Å². The molecule has 1 heteroatoms. The monoisotopic (exact) mass is 273 g/mol. The Labute approximate surface area is 125 Å². The maximum absolute atomic E-state index is 3.76. The molecule has 0 spiro atoms. The Kier molecular flexibility index (Phi) is 7.14. The fourth-order valence-electron chi connectivity index (χ4n) is 3.44. The molecule has 1 aliphatic rings. The lowest BCUT2D eigenvalue weighted by Crippen LogP contribution is -2.32. The second-order valence-electron chi connectivity index (χ2n) is 6.42. The second kappa shape index (κ2) is 9.18. The molecule has 0 bridgehead atoms. The highest BCUT2D eigenvalue weighted by Gasteiger charge is 2.16. The van der Waals surface area contributed by atoms with Gasteiger partial charge in [-0.3, -0.25) is 0 Å². The van der Waals surface area contributed by atoms with Gasteiger partial charge in [0.1, 0.15) is 0 Å². The maximum atomic E-state index is 3.76. The van der Waals surface area contributed by atoms with E-state index in [9.17, 15) is 0 Å².